The van der Waals surface area contributed by atoms with Crippen molar-refractivity contribution in [2.24, 2.45) is 0 Å². The maximum Gasteiger partial charge on any atom is 0.220 e. The number of amides is 1. The summed E-state index contributed by atoms with van der Waals surface area (Å²) in [5.74, 6) is -0.244. The fourth-order valence-electron chi connectivity index (χ4n) is 7.11. The molecule has 7 atom stereocenters. The van der Waals surface area contributed by atoms with Crippen molar-refractivity contribution in [3.63, 3.8) is 0 Å². The molecule has 1 fully saturated rings. The van der Waals surface area contributed by atoms with Crippen LogP contribution in [-0.4, -0.2) is 87.5 Å². The van der Waals surface area contributed by atoms with Crippen LogP contribution in [0, 0.1) is 0 Å². The molecule has 1 saturated heterocycles. The van der Waals surface area contributed by atoms with Crippen molar-refractivity contribution in [1.29, 1.82) is 0 Å². The second-order valence-electron chi connectivity index (χ2n) is 16.0. The van der Waals surface area contributed by atoms with Crippen LogP contribution in [0.2, 0.25) is 0 Å². The summed E-state index contributed by atoms with van der Waals surface area (Å²) in [6, 6.07) is -0.856. The smallest absolute Gasteiger partial charge is 0.220 e. The molecule has 0 aromatic heterocycles. The zero-order valence-corrected chi connectivity index (χ0v) is 35.3. The zero-order chi connectivity index (χ0) is 43.8. The summed E-state index contributed by atoms with van der Waals surface area (Å²) >= 11 is 0. The van der Waals surface area contributed by atoms with Crippen LogP contribution in [0.1, 0.15) is 225 Å². The SMILES string of the molecule is [2H]C([2H])(CCCCCCCCC)C([2H])([2H])CCCCCCCCCCC(=O)N[C@@H](CO[C@@H]1O[C@H](CO)[C@H](O)[C@H](O)[C@H]1O)[C@H](O)/C=C/CCCCCCCCCCCCC. The van der Waals surface area contributed by atoms with Gasteiger partial charge in [-0.3, -0.25) is 4.79 Å². The minimum Gasteiger partial charge on any atom is -0.394 e. The fraction of sp³-hybridized carbons (Fsp3) is 0.935. The van der Waals surface area contributed by atoms with E-state index in [2.05, 4.69) is 19.2 Å². The number of unbranched alkanes of at least 4 members (excludes halogenated alkanes) is 24. The van der Waals surface area contributed by atoms with Crippen molar-refractivity contribution in [1.82, 2.24) is 5.32 Å². The second kappa shape index (κ2) is 37.2. The van der Waals surface area contributed by atoms with Gasteiger partial charge in [-0.05, 0) is 19.3 Å². The number of nitrogens with one attached hydrogen (secondary N) is 1. The third kappa shape index (κ3) is 28.1. The third-order valence-corrected chi connectivity index (χ3v) is 10.8. The molecule has 0 aromatic carbocycles. The predicted octanol–water partition coefficient (Wildman–Crippen LogP) is 9.73. The van der Waals surface area contributed by atoms with E-state index in [1.165, 1.54) is 83.5 Å². The number of aliphatic hydroxyl groups excluding tert-OH is 5. The van der Waals surface area contributed by atoms with Crippen LogP contribution in [0.25, 0.3) is 0 Å². The van der Waals surface area contributed by atoms with Gasteiger partial charge in [-0.2, -0.15) is 0 Å². The molecule has 0 radical (unpaired) electrons. The second-order valence-corrected chi connectivity index (χ2v) is 16.0. The van der Waals surface area contributed by atoms with Gasteiger partial charge in [0, 0.05) is 11.9 Å². The third-order valence-electron chi connectivity index (χ3n) is 10.8. The van der Waals surface area contributed by atoms with Gasteiger partial charge in [-0.15, -0.1) is 0 Å². The van der Waals surface area contributed by atoms with Crippen LogP contribution in [0.4, 0.5) is 0 Å². The van der Waals surface area contributed by atoms with Gasteiger partial charge in [0.25, 0.3) is 0 Å². The summed E-state index contributed by atoms with van der Waals surface area (Å²) in [4.78, 5) is 13.0. The van der Waals surface area contributed by atoms with Crippen molar-refractivity contribution >= 4 is 5.91 Å². The summed E-state index contributed by atoms with van der Waals surface area (Å²) in [5, 5.41) is 54.2. The summed E-state index contributed by atoms with van der Waals surface area (Å²) in [6.45, 7) is 3.60. The monoisotopic (exact) mass is 788 g/mol. The molecule has 9 nitrogen and oxygen atoms in total. The first-order valence-electron chi connectivity index (χ1n) is 24.9. The number of rotatable bonds is 39. The average molecular weight is 788 g/mol. The number of hydrogen-bond donors (Lipinski definition) is 6. The fourth-order valence-corrected chi connectivity index (χ4v) is 7.11. The minimum atomic E-state index is -1.82. The molecule has 1 aliphatic rings. The van der Waals surface area contributed by atoms with Crippen LogP contribution in [-0.2, 0) is 14.3 Å². The van der Waals surface area contributed by atoms with Crippen molar-refractivity contribution in [2.45, 2.75) is 262 Å². The molecular formula is C46H89NO8. The molecule has 0 unspecified atom stereocenters. The highest BCUT2D eigenvalue weighted by Gasteiger charge is 2.44. The Kier molecular flexibility index (Phi) is 30.5. The number of aliphatic hydroxyl groups is 5. The molecule has 1 heterocycles. The van der Waals surface area contributed by atoms with E-state index in [0.717, 1.165) is 77.0 Å². The summed E-state index contributed by atoms with van der Waals surface area (Å²) in [6.07, 6.45) is 21.7. The topological polar surface area (TPSA) is 149 Å². The Morgan fingerprint density at radius 2 is 1.09 bits per heavy atom. The highest BCUT2D eigenvalue weighted by atomic mass is 16.7. The van der Waals surface area contributed by atoms with E-state index in [4.69, 9.17) is 15.0 Å². The average Bonchev–Trinajstić information content (AvgIpc) is 3.21. The van der Waals surface area contributed by atoms with Crippen LogP contribution < -0.4 is 5.32 Å². The number of hydrogen-bond acceptors (Lipinski definition) is 8. The largest absolute Gasteiger partial charge is 0.394 e. The lowest BCUT2D eigenvalue weighted by Gasteiger charge is -2.40. The normalized spacial score (nSPS) is 22.9. The van der Waals surface area contributed by atoms with E-state index < -0.39 is 62.2 Å². The minimum absolute atomic E-state index is 0.232. The van der Waals surface area contributed by atoms with Gasteiger partial charge in [0.15, 0.2) is 6.29 Å². The van der Waals surface area contributed by atoms with E-state index in [0.29, 0.717) is 12.8 Å². The lowest BCUT2D eigenvalue weighted by Crippen LogP contribution is -2.60. The van der Waals surface area contributed by atoms with E-state index in [-0.39, 0.29) is 31.8 Å². The summed E-state index contributed by atoms with van der Waals surface area (Å²) in [5.41, 5.74) is 0. The lowest BCUT2D eigenvalue weighted by molar-refractivity contribution is -0.302. The van der Waals surface area contributed by atoms with Crippen LogP contribution in [0.3, 0.4) is 0 Å². The van der Waals surface area contributed by atoms with Gasteiger partial charge in [0.05, 0.1) is 25.4 Å². The van der Waals surface area contributed by atoms with Crippen LogP contribution in [0.5, 0.6) is 0 Å². The molecule has 326 valence electrons. The van der Waals surface area contributed by atoms with Crippen molar-refractivity contribution in [2.75, 3.05) is 13.2 Å². The predicted molar refractivity (Wildman–Crippen MR) is 226 cm³/mol. The Morgan fingerprint density at radius 1 is 0.655 bits per heavy atom. The number of ether oxygens (including phenoxy) is 2. The summed E-state index contributed by atoms with van der Waals surface area (Å²) in [7, 11) is 0. The number of carbonyl (C=O) groups excluding carboxylic acids is 1. The quantitative estimate of drug-likeness (QED) is 0.0267. The summed E-state index contributed by atoms with van der Waals surface area (Å²) < 4.78 is 44.7. The number of allylic oxidation sites excluding steroid dienone is 1. The van der Waals surface area contributed by atoms with Gasteiger partial charge in [0.1, 0.15) is 24.4 Å². The van der Waals surface area contributed by atoms with Crippen LogP contribution >= 0.6 is 0 Å². The van der Waals surface area contributed by atoms with E-state index in [9.17, 15) is 30.3 Å². The van der Waals surface area contributed by atoms with E-state index in [1.54, 1.807) is 6.08 Å². The Bertz CT molecular complexity index is 1040. The maximum atomic E-state index is 13.0. The molecule has 0 aromatic rings. The maximum absolute atomic E-state index is 13.0. The zero-order valence-electron chi connectivity index (χ0n) is 39.3. The highest BCUT2D eigenvalue weighted by molar-refractivity contribution is 5.76. The first-order chi connectivity index (χ1) is 28.3. The van der Waals surface area contributed by atoms with Gasteiger partial charge in [-0.25, -0.2) is 0 Å². The van der Waals surface area contributed by atoms with Gasteiger partial charge in [0.2, 0.25) is 5.91 Å². The molecule has 0 spiro atoms. The highest BCUT2D eigenvalue weighted by Crippen LogP contribution is 2.23. The molecular weight excluding hydrogens is 695 g/mol. The van der Waals surface area contributed by atoms with Crippen LogP contribution in [0.15, 0.2) is 12.2 Å². The molecule has 0 aliphatic carbocycles. The first kappa shape index (κ1) is 45.0. The molecule has 55 heavy (non-hydrogen) atoms. The standard InChI is InChI=1S/C46H89NO8/c1-3-5-7-9-11-13-15-17-18-19-20-21-22-24-26-28-30-32-34-36-42(50)47-39(38-54-46-45(53)44(52)43(51)41(37-48)55-46)40(49)35-33-31-29-27-25-23-16-14-12-10-8-6-4-2/h33,35,39-41,43-46,48-49,51-53H,3-32,34,36-38H2,1-2H3,(H,47,50)/b35-33+/t39-,40+,41+,43-,44-,45+,46+/m0/s1/i18D2,19D2. The molecule has 6 N–H and O–H groups in total. The molecule has 1 rings (SSSR count). The molecule has 9 heteroatoms. The Balaban J connectivity index is 2.42. The molecule has 0 saturated carbocycles. The Hall–Kier alpha value is -1.07. The van der Waals surface area contributed by atoms with Gasteiger partial charge in [-0.1, -0.05) is 206 Å². The van der Waals surface area contributed by atoms with Crippen molar-refractivity contribution < 1.29 is 45.3 Å². The Morgan fingerprint density at radius 3 is 1.56 bits per heavy atom. The van der Waals surface area contributed by atoms with Gasteiger partial charge < -0.3 is 40.3 Å². The number of carbonyl (C=O) groups is 1. The van der Waals surface area contributed by atoms with E-state index >= 15 is 0 Å². The van der Waals surface area contributed by atoms with E-state index in [1.807, 2.05) is 6.08 Å². The van der Waals surface area contributed by atoms with Crippen molar-refractivity contribution in [3.8, 4) is 0 Å². The molecule has 1 aliphatic heterocycles. The van der Waals surface area contributed by atoms with Gasteiger partial charge >= 0.3 is 0 Å². The first-order valence-corrected chi connectivity index (χ1v) is 22.9. The molecule has 0 bridgehead atoms. The lowest BCUT2D eigenvalue weighted by atomic mass is 9.99. The molecule has 1 amide bonds. The Labute approximate surface area is 343 Å². The van der Waals surface area contributed by atoms with Crippen molar-refractivity contribution in [3.05, 3.63) is 12.2 Å².